The van der Waals surface area contributed by atoms with Gasteiger partial charge in [-0.05, 0) is 74.6 Å². The smallest absolute Gasteiger partial charge is 0.166 e. The van der Waals surface area contributed by atoms with E-state index in [0.717, 1.165) is 61.9 Å². The molecule has 1 saturated carbocycles. The lowest BCUT2D eigenvalue weighted by Gasteiger charge is -2.46. The SMILES string of the molecule is CCNC(=S)N[C@H]1CC[C@@]2(c3ccc(OC)c(OC)c3)CCN(Cc3ccccc3)[C@@H]2C1. The van der Waals surface area contributed by atoms with Gasteiger partial charge in [0, 0.05) is 30.6 Å². The van der Waals surface area contributed by atoms with Crippen molar-refractivity contribution < 1.29 is 9.47 Å². The number of methoxy groups -OCH3 is 2. The van der Waals surface area contributed by atoms with E-state index >= 15 is 0 Å². The molecule has 0 radical (unpaired) electrons. The molecule has 1 aliphatic heterocycles. The molecule has 0 amide bonds. The number of thiocarbonyl (C=S) groups is 1. The first kappa shape index (κ1) is 22.9. The number of nitrogens with zero attached hydrogens (tertiary/aromatic N) is 1. The zero-order chi connectivity index (χ0) is 22.6. The van der Waals surface area contributed by atoms with Gasteiger partial charge in [0.1, 0.15) is 0 Å². The fourth-order valence-electron chi connectivity index (χ4n) is 5.66. The van der Waals surface area contributed by atoms with Gasteiger partial charge in [-0.3, -0.25) is 4.90 Å². The first-order valence-electron chi connectivity index (χ1n) is 11.6. The number of ether oxygens (including phenoxy) is 2. The summed E-state index contributed by atoms with van der Waals surface area (Å²) in [6.45, 7) is 5.00. The van der Waals surface area contributed by atoms with Crippen LogP contribution in [-0.4, -0.2) is 49.4 Å². The second-order valence-electron chi connectivity index (χ2n) is 8.92. The predicted octanol–water partition coefficient (Wildman–Crippen LogP) is 4.25. The van der Waals surface area contributed by atoms with Crippen LogP contribution in [-0.2, 0) is 12.0 Å². The van der Waals surface area contributed by atoms with Gasteiger partial charge in [-0.15, -0.1) is 0 Å². The van der Waals surface area contributed by atoms with Crippen molar-refractivity contribution in [3.8, 4) is 11.5 Å². The summed E-state index contributed by atoms with van der Waals surface area (Å²) in [7, 11) is 3.41. The van der Waals surface area contributed by atoms with E-state index in [2.05, 4.69) is 71.0 Å². The van der Waals surface area contributed by atoms with Crippen molar-refractivity contribution in [2.45, 2.75) is 56.7 Å². The maximum Gasteiger partial charge on any atom is 0.166 e. The highest BCUT2D eigenvalue weighted by molar-refractivity contribution is 7.80. The Bertz CT molecular complexity index is 923. The van der Waals surface area contributed by atoms with Gasteiger partial charge >= 0.3 is 0 Å². The number of fused-ring (bicyclic) bond motifs is 1. The lowest BCUT2D eigenvalue weighted by atomic mass is 9.65. The van der Waals surface area contributed by atoms with Crippen molar-refractivity contribution in [1.29, 1.82) is 0 Å². The largest absolute Gasteiger partial charge is 0.493 e. The molecular formula is C26H35N3O2S. The standard InChI is InChI=1S/C26H35N3O2S/c1-4-27-25(32)28-21-12-13-26(20-10-11-22(30-2)23(16-20)31-3)14-15-29(24(26)17-21)18-19-8-6-5-7-9-19/h5-11,16,21,24H,4,12-15,17-18H2,1-3H3,(H2,27,28,32)/t21-,24+,26-/m0/s1. The highest BCUT2D eigenvalue weighted by atomic mass is 32.1. The Morgan fingerprint density at radius 2 is 1.88 bits per heavy atom. The fourth-order valence-corrected chi connectivity index (χ4v) is 5.97. The maximum absolute atomic E-state index is 5.66. The third-order valence-corrected chi connectivity index (χ3v) is 7.49. The second-order valence-corrected chi connectivity index (χ2v) is 9.33. The first-order chi connectivity index (χ1) is 15.6. The summed E-state index contributed by atoms with van der Waals surface area (Å²) < 4.78 is 11.2. The number of hydrogen-bond donors (Lipinski definition) is 2. The summed E-state index contributed by atoms with van der Waals surface area (Å²) in [5, 5.41) is 7.59. The number of hydrogen-bond acceptors (Lipinski definition) is 4. The van der Waals surface area contributed by atoms with Crippen LogP contribution in [0, 0.1) is 0 Å². The number of likely N-dealkylation sites (tertiary alicyclic amines) is 1. The van der Waals surface area contributed by atoms with Gasteiger partial charge in [0.15, 0.2) is 16.6 Å². The zero-order valence-corrected chi connectivity index (χ0v) is 20.2. The van der Waals surface area contributed by atoms with E-state index in [1.807, 2.05) is 0 Å². The van der Waals surface area contributed by atoms with Gasteiger partial charge in [-0.25, -0.2) is 0 Å². The highest BCUT2D eigenvalue weighted by Crippen LogP contribution is 2.50. The summed E-state index contributed by atoms with van der Waals surface area (Å²) in [6, 6.07) is 18.2. The summed E-state index contributed by atoms with van der Waals surface area (Å²) in [4.78, 5) is 2.68. The molecule has 3 atom stereocenters. The Morgan fingerprint density at radius 3 is 2.59 bits per heavy atom. The molecule has 0 aromatic heterocycles. The molecule has 2 aliphatic rings. The molecule has 0 unspecified atom stereocenters. The number of rotatable bonds is 7. The van der Waals surface area contributed by atoms with Crippen molar-refractivity contribution in [2.75, 3.05) is 27.3 Å². The minimum Gasteiger partial charge on any atom is -0.493 e. The van der Waals surface area contributed by atoms with E-state index < -0.39 is 0 Å². The van der Waals surface area contributed by atoms with Crippen LogP contribution in [0.1, 0.15) is 43.7 Å². The second kappa shape index (κ2) is 10.1. The molecule has 1 saturated heterocycles. The van der Waals surface area contributed by atoms with Crippen LogP contribution >= 0.6 is 12.2 Å². The highest BCUT2D eigenvalue weighted by Gasteiger charge is 2.51. The van der Waals surface area contributed by atoms with Gasteiger partial charge in [-0.2, -0.15) is 0 Å². The van der Waals surface area contributed by atoms with Crippen LogP contribution in [0.4, 0.5) is 0 Å². The molecular weight excluding hydrogens is 418 g/mol. The Kier molecular flexibility index (Phi) is 7.21. The molecule has 4 rings (SSSR count). The van der Waals surface area contributed by atoms with Gasteiger partial charge in [0.2, 0.25) is 0 Å². The topological polar surface area (TPSA) is 45.8 Å². The molecule has 5 nitrogen and oxygen atoms in total. The Labute approximate surface area is 197 Å². The summed E-state index contributed by atoms with van der Waals surface area (Å²) in [5.74, 6) is 1.60. The van der Waals surface area contributed by atoms with E-state index in [0.29, 0.717) is 12.1 Å². The van der Waals surface area contributed by atoms with Gasteiger partial charge in [-0.1, -0.05) is 36.4 Å². The van der Waals surface area contributed by atoms with E-state index in [4.69, 9.17) is 21.7 Å². The van der Waals surface area contributed by atoms with Crippen molar-refractivity contribution in [1.82, 2.24) is 15.5 Å². The average molecular weight is 454 g/mol. The summed E-state index contributed by atoms with van der Waals surface area (Å²) in [6.07, 6.45) is 4.47. The third kappa shape index (κ3) is 4.57. The first-order valence-corrected chi connectivity index (χ1v) is 12.0. The molecule has 0 spiro atoms. The van der Waals surface area contributed by atoms with Gasteiger partial charge < -0.3 is 20.1 Å². The van der Waals surface area contributed by atoms with E-state index in [-0.39, 0.29) is 5.41 Å². The summed E-state index contributed by atoms with van der Waals surface area (Å²) >= 11 is 5.50. The normalized spacial score (nSPS) is 25.1. The third-order valence-electron chi connectivity index (χ3n) is 7.23. The molecule has 2 aromatic rings. The Morgan fingerprint density at radius 1 is 1.09 bits per heavy atom. The van der Waals surface area contributed by atoms with Crippen LogP contribution < -0.4 is 20.1 Å². The van der Waals surface area contributed by atoms with Gasteiger partial charge in [0.05, 0.1) is 14.2 Å². The fraction of sp³-hybridized carbons (Fsp3) is 0.500. The number of benzene rings is 2. The molecule has 1 heterocycles. The van der Waals surface area contributed by atoms with Crippen molar-refractivity contribution >= 4 is 17.3 Å². The quantitative estimate of drug-likeness (QED) is 0.611. The van der Waals surface area contributed by atoms with Crippen LogP contribution in [0.2, 0.25) is 0 Å². The van der Waals surface area contributed by atoms with E-state index in [1.54, 1.807) is 14.2 Å². The van der Waals surface area contributed by atoms with Crippen molar-refractivity contribution in [2.24, 2.45) is 0 Å². The molecule has 2 N–H and O–H groups in total. The number of nitrogens with one attached hydrogen (secondary N) is 2. The minimum absolute atomic E-state index is 0.117. The lowest BCUT2D eigenvalue weighted by Crippen LogP contribution is -2.53. The van der Waals surface area contributed by atoms with Crippen LogP contribution in [0.25, 0.3) is 0 Å². The Hall–Kier alpha value is -2.31. The van der Waals surface area contributed by atoms with Crippen LogP contribution in [0.5, 0.6) is 11.5 Å². The van der Waals surface area contributed by atoms with E-state index in [9.17, 15) is 0 Å². The van der Waals surface area contributed by atoms with Gasteiger partial charge in [0.25, 0.3) is 0 Å². The average Bonchev–Trinajstić information content (AvgIpc) is 3.18. The minimum atomic E-state index is 0.117. The lowest BCUT2D eigenvalue weighted by molar-refractivity contribution is 0.134. The molecule has 2 fully saturated rings. The Balaban J connectivity index is 1.63. The zero-order valence-electron chi connectivity index (χ0n) is 19.4. The van der Waals surface area contributed by atoms with Crippen molar-refractivity contribution in [3.63, 3.8) is 0 Å². The molecule has 0 bridgehead atoms. The molecule has 6 heteroatoms. The van der Waals surface area contributed by atoms with Crippen LogP contribution in [0.3, 0.4) is 0 Å². The predicted molar refractivity (Wildman–Crippen MR) is 134 cm³/mol. The molecule has 172 valence electrons. The van der Waals surface area contributed by atoms with E-state index in [1.165, 1.54) is 11.1 Å². The molecule has 2 aromatic carbocycles. The van der Waals surface area contributed by atoms with Crippen molar-refractivity contribution in [3.05, 3.63) is 59.7 Å². The maximum atomic E-state index is 5.66. The molecule has 32 heavy (non-hydrogen) atoms. The van der Waals surface area contributed by atoms with Crippen LogP contribution in [0.15, 0.2) is 48.5 Å². The monoisotopic (exact) mass is 453 g/mol. The summed E-state index contributed by atoms with van der Waals surface area (Å²) in [5.41, 5.74) is 2.85. The molecule has 1 aliphatic carbocycles.